The van der Waals surface area contributed by atoms with Crippen LogP contribution in [-0.4, -0.2) is 42.0 Å². The molecule has 0 aliphatic heterocycles. The van der Waals surface area contributed by atoms with Crippen LogP contribution in [0.25, 0.3) is 0 Å². The number of carbonyl (C=O) groups excluding carboxylic acids is 1. The van der Waals surface area contributed by atoms with Crippen molar-refractivity contribution in [3.05, 3.63) is 0 Å². The first-order valence-corrected chi connectivity index (χ1v) is 6.84. The molecule has 0 aromatic heterocycles. The molecule has 1 unspecified atom stereocenters. The molecule has 0 amide bonds. The lowest BCUT2D eigenvalue weighted by molar-refractivity contribution is -0.127. The third kappa shape index (κ3) is 4.76. The molecule has 0 bridgehead atoms. The molecular formula is C14H27NO2. The van der Waals surface area contributed by atoms with Crippen LogP contribution in [0.2, 0.25) is 0 Å². The standard InChI is InChI=1S/C14H27NO2/c1-4-7-15(8-9-16)11-12-10-14(2,3)6-5-13(12)17/h12,16H,4-11H2,1-3H3. The summed E-state index contributed by atoms with van der Waals surface area (Å²) in [5, 5.41) is 9.03. The molecule has 0 heterocycles. The summed E-state index contributed by atoms with van der Waals surface area (Å²) >= 11 is 0. The maximum atomic E-state index is 11.9. The second-order valence-electron chi connectivity index (χ2n) is 6.06. The second kappa shape index (κ2) is 6.50. The van der Waals surface area contributed by atoms with Crippen molar-refractivity contribution in [2.24, 2.45) is 11.3 Å². The van der Waals surface area contributed by atoms with E-state index in [4.69, 9.17) is 5.11 Å². The average molecular weight is 241 g/mol. The molecule has 1 fully saturated rings. The fraction of sp³-hybridized carbons (Fsp3) is 0.929. The third-order valence-electron chi connectivity index (χ3n) is 3.74. The van der Waals surface area contributed by atoms with Crippen LogP contribution in [0.1, 0.15) is 46.5 Å². The SMILES string of the molecule is CCCN(CCO)CC1CC(C)(C)CCC1=O. The van der Waals surface area contributed by atoms with Crippen LogP contribution in [0.5, 0.6) is 0 Å². The summed E-state index contributed by atoms with van der Waals surface area (Å²) in [6.45, 7) is 9.33. The Kier molecular flexibility index (Phi) is 5.60. The minimum absolute atomic E-state index is 0.178. The molecule has 1 atom stereocenters. The Morgan fingerprint density at radius 1 is 1.41 bits per heavy atom. The number of ketones is 1. The molecule has 1 N–H and O–H groups in total. The molecule has 1 rings (SSSR count). The maximum Gasteiger partial charge on any atom is 0.137 e. The number of aliphatic hydroxyl groups excluding tert-OH is 1. The van der Waals surface area contributed by atoms with Crippen molar-refractivity contribution in [1.82, 2.24) is 4.90 Å². The Hall–Kier alpha value is -0.410. The van der Waals surface area contributed by atoms with Gasteiger partial charge in [0.15, 0.2) is 0 Å². The predicted molar refractivity (Wildman–Crippen MR) is 69.9 cm³/mol. The van der Waals surface area contributed by atoms with E-state index in [9.17, 15) is 4.79 Å². The summed E-state index contributed by atoms with van der Waals surface area (Å²) < 4.78 is 0. The average Bonchev–Trinajstić information content (AvgIpc) is 2.24. The molecule has 17 heavy (non-hydrogen) atoms. The van der Waals surface area contributed by atoms with Gasteiger partial charge in [-0.15, -0.1) is 0 Å². The quantitative estimate of drug-likeness (QED) is 0.774. The van der Waals surface area contributed by atoms with Crippen LogP contribution < -0.4 is 0 Å². The van der Waals surface area contributed by atoms with Crippen molar-refractivity contribution >= 4 is 5.78 Å². The second-order valence-corrected chi connectivity index (χ2v) is 6.06. The number of aliphatic hydroxyl groups is 1. The Morgan fingerprint density at radius 3 is 2.71 bits per heavy atom. The van der Waals surface area contributed by atoms with Gasteiger partial charge in [0.05, 0.1) is 6.61 Å². The van der Waals surface area contributed by atoms with Crippen LogP contribution in [0, 0.1) is 11.3 Å². The zero-order valence-electron chi connectivity index (χ0n) is 11.5. The number of Topliss-reactive ketones (excluding diaryl/α,β-unsaturated/α-hetero) is 1. The zero-order chi connectivity index (χ0) is 12.9. The van der Waals surface area contributed by atoms with Crippen molar-refractivity contribution in [1.29, 1.82) is 0 Å². The summed E-state index contributed by atoms with van der Waals surface area (Å²) in [5.41, 5.74) is 0.301. The van der Waals surface area contributed by atoms with Gasteiger partial charge in [0.2, 0.25) is 0 Å². The summed E-state index contributed by atoms with van der Waals surface area (Å²) in [4.78, 5) is 14.2. The highest BCUT2D eigenvalue weighted by molar-refractivity contribution is 5.82. The summed E-state index contributed by atoms with van der Waals surface area (Å²) in [6, 6.07) is 0. The van der Waals surface area contributed by atoms with Crippen LogP contribution in [0.3, 0.4) is 0 Å². The van der Waals surface area contributed by atoms with Crippen LogP contribution >= 0.6 is 0 Å². The molecule has 0 radical (unpaired) electrons. The smallest absolute Gasteiger partial charge is 0.137 e. The van der Waals surface area contributed by atoms with Gasteiger partial charge in [0.1, 0.15) is 5.78 Å². The number of nitrogens with zero attached hydrogens (tertiary/aromatic N) is 1. The molecule has 0 aromatic rings. The fourth-order valence-electron chi connectivity index (χ4n) is 2.78. The highest BCUT2D eigenvalue weighted by atomic mass is 16.3. The lowest BCUT2D eigenvalue weighted by Gasteiger charge is -2.36. The van der Waals surface area contributed by atoms with E-state index in [1.165, 1.54) is 0 Å². The molecule has 3 heteroatoms. The molecular weight excluding hydrogens is 214 g/mol. The minimum Gasteiger partial charge on any atom is -0.395 e. The van der Waals surface area contributed by atoms with Gasteiger partial charge in [-0.25, -0.2) is 0 Å². The third-order valence-corrected chi connectivity index (χ3v) is 3.74. The first-order valence-electron chi connectivity index (χ1n) is 6.84. The Bertz CT molecular complexity index is 245. The Morgan fingerprint density at radius 2 is 2.12 bits per heavy atom. The van der Waals surface area contributed by atoms with E-state index in [1.54, 1.807) is 0 Å². The molecule has 1 aliphatic rings. The summed E-state index contributed by atoms with van der Waals surface area (Å²) in [6.07, 6.45) is 3.83. The summed E-state index contributed by atoms with van der Waals surface area (Å²) in [5.74, 6) is 0.597. The normalized spacial score (nSPS) is 24.3. The van der Waals surface area contributed by atoms with Crippen LogP contribution in [-0.2, 0) is 4.79 Å². The van der Waals surface area contributed by atoms with Gasteiger partial charge >= 0.3 is 0 Å². The van der Waals surface area contributed by atoms with E-state index in [0.717, 1.165) is 38.8 Å². The van der Waals surface area contributed by atoms with Gasteiger partial charge in [-0.05, 0) is 31.2 Å². The minimum atomic E-state index is 0.178. The highest BCUT2D eigenvalue weighted by Gasteiger charge is 2.34. The van der Waals surface area contributed by atoms with E-state index in [2.05, 4.69) is 25.7 Å². The lowest BCUT2D eigenvalue weighted by Crippen LogP contribution is -2.40. The van der Waals surface area contributed by atoms with Gasteiger partial charge in [0, 0.05) is 25.4 Å². The van der Waals surface area contributed by atoms with Crippen LogP contribution in [0.15, 0.2) is 0 Å². The van der Waals surface area contributed by atoms with Crippen molar-refractivity contribution in [2.45, 2.75) is 46.5 Å². The summed E-state index contributed by atoms with van der Waals surface area (Å²) in [7, 11) is 0. The molecule has 100 valence electrons. The molecule has 0 spiro atoms. The first kappa shape index (κ1) is 14.7. The maximum absolute atomic E-state index is 11.9. The first-order chi connectivity index (χ1) is 7.98. The number of hydrogen-bond donors (Lipinski definition) is 1. The monoisotopic (exact) mass is 241 g/mol. The van der Waals surface area contributed by atoms with Crippen molar-refractivity contribution < 1.29 is 9.90 Å². The molecule has 3 nitrogen and oxygen atoms in total. The van der Waals surface area contributed by atoms with Gasteiger partial charge in [-0.1, -0.05) is 20.8 Å². The molecule has 1 saturated carbocycles. The van der Waals surface area contributed by atoms with E-state index < -0.39 is 0 Å². The molecule has 0 saturated heterocycles. The van der Waals surface area contributed by atoms with Gasteiger partial charge in [-0.3, -0.25) is 4.79 Å². The molecule has 1 aliphatic carbocycles. The van der Waals surface area contributed by atoms with Crippen molar-refractivity contribution in [3.8, 4) is 0 Å². The van der Waals surface area contributed by atoms with E-state index in [-0.39, 0.29) is 12.5 Å². The van der Waals surface area contributed by atoms with Crippen molar-refractivity contribution in [2.75, 3.05) is 26.2 Å². The van der Waals surface area contributed by atoms with Gasteiger partial charge < -0.3 is 10.0 Å². The topological polar surface area (TPSA) is 40.5 Å². The largest absolute Gasteiger partial charge is 0.395 e. The van der Waals surface area contributed by atoms with E-state index >= 15 is 0 Å². The zero-order valence-corrected chi connectivity index (χ0v) is 11.5. The Labute approximate surface area is 105 Å². The number of rotatable bonds is 6. The number of carbonyl (C=O) groups is 1. The lowest BCUT2D eigenvalue weighted by atomic mass is 9.71. The van der Waals surface area contributed by atoms with E-state index in [1.807, 2.05) is 0 Å². The van der Waals surface area contributed by atoms with Crippen LogP contribution in [0.4, 0.5) is 0 Å². The van der Waals surface area contributed by atoms with Gasteiger partial charge in [-0.2, -0.15) is 0 Å². The van der Waals surface area contributed by atoms with Crippen molar-refractivity contribution in [3.63, 3.8) is 0 Å². The van der Waals surface area contributed by atoms with E-state index in [0.29, 0.717) is 17.7 Å². The predicted octanol–water partition coefficient (Wildman–Crippen LogP) is 2.09. The highest BCUT2D eigenvalue weighted by Crippen LogP contribution is 2.37. The Balaban J connectivity index is 2.54. The fourth-order valence-corrected chi connectivity index (χ4v) is 2.78. The number of hydrogen-bond acceptors (Lipinski definition) is 3. The van der Waals surface area contributed by atoms with Gasteiger partial charge in [0.25, 0.3) is 0 Å². The molecule has 0 aromatic carbocycles.